The van der Waals surface area contributed by atoms with Gasteiger partial charge in [-0.1, -0.05) is 49.3 Å². The Bertz CT molecular complexity index is 643. The number of aryl methyl sites for hydroxylation is 2. The summed E-state index contributed by atoms with van der Waals surface area (Å²) in [6.07, 6.45) is 0. The molecule has 0 aliphatic rings. The molecule has 1 heterocycles. The lowest BCUT2D eigenvalue weighted by molar-refractivity contribution is -0.136. The summed E-state index contributed by atoms with van der Waals surface area (Å²) in [7, 11) is 1.84. The summed E-state index contributed by atoms with van der Waals surface area (Å²) in [5, 5.41) is 3.98. The van der Waals surface area contributed by atoms with E-state index in [1.54, 1.807) is 4.90 Å². The van der Waals surface area contributed by atoms with Gasteiger partial charge in [-0.05, 0) is 32.5 Å². The largest absolute Gasteiger partial charge is 0.361 e. The van der Waals surface area contributed by atoms with Gasteiger partial charge in [-0.3, -0.25) is 9.69 Å². The zero-order valence-corrected chi connectivity index (χ0v) is 15.2. The average Bonchev–Trinajstić information content (AvgIpc) is 2.91. The minimum absolute atomic E-state index is 0.0879. The maximum absolute atomic E-state index is 13.2. The van der Waals surface area contributed by atoms with Crippen LogP contribution in [0.15, 0.2) is 34.9 Å². The van der Waals surface area contributed by atoms with E-state index in [0.29, 0.717) is 6.54 Å². The summed E-state index contributed by atoms with van der Waals surface area (Å²) < 4.78 is 5.21. The molecule has 1 aromatic heterocycles. The van der Waals surface area contributed by atoms with Crippen molar-refractivity contribution in [3.63, 3.8) is 0 Å². The Morgan fingerprint density at radius 3 is 2.29 bits per heavy atom. The second kappa shape index (κ2) is 8.11. The lowest BCUT2D eigenvalue weighted by Crippen LogP contribution is -2.41. The lowest BCUT2D eigenvalue weighted by Gasteiger charge is -2.32. The van der Waals surface area contributed by atoms with Crippen molar-refractivity contribution in [3.05, 3.63) is 52.9 Å². The normalized spacial score (nSPS) is 12.4. The highest BCUT2D eigenvalue weighted by atomic mass is 16.5. The van der Waals surface area contributed by atoms with Crippen LogP contribution in [0, 0.1) is 13.8 Å². The quantitative estimate of drug-likeness (QED) is 0.782. The van der Waals surface area contributed by atoms with E-state index >= 15 is 0 Å². The number of nitrogens with zero attached hydrogens (tertiary/aromatic N) is 3. The molecule has 0 aliphatic carbocycles. The van der Waals surface area contributed by atoms with Crippen LogP contribution in [-0.2, 0) is 11.3 Å². The van der Waals surface area contributed by atoms with Crippen molar-refractivity contribution >= 4 is 5.91 Å². The molecular formula is C19H27N3O2. The van der Waals surface area contributed by atoms with Gasteiger partial charge in [0.05, 0.1) is 12.2 Å². The zero-order chi connectivity index (χ0) is 17.7. The van der Waals surface area contributed by atoms with Crippen LogP contribution in [0.4, 0.5) is 0 Å². The van der Waals surface area contributed by atoms with Crippen molar-refractivity contribution in [2.24, 2.45) is 0 Å². The summed E-state index contributed by atoms with van der Waals surface area (Å²) in [5.41, 5.74) is 2.85. The highest BCUT2D eigenvalue weighted by molar-refractivity contribution is 5.83. The molecule has 0 unspecified atom stereocenters. The summed E-state index contributed by atoms with van der Waals surface area (Å²) in [5.74, 6) is 0.858. The van der Waals surface area contributed by atoms with E-state index in [1.165, 1.54) is 0 Å². The highest BCUT2D eigenvalue weighted by Crippen LogP contribution is 2.24. The SMILES string of the molecule is CCN(CC)[C@@H](C(=O)N(C)Cc1c(C)noc1C)c1ccccc1. The maximum atomic E-state index is 13.2. The number of aromatic nitrogens is 1. The molecule has 0 saturated heterocycles. The number of likely N-dealkylation sites (N-methyl/N-ethyl adjacent to an activating group) is 2. The van der Waals surface area contributed by atoms with Crippen LogP contribution in [0.1, 0.15) is 42.5 Å². The van der Waals surface area contributed by atoms with Gasteiger partial charge in [0.25, 0.3) is 0 Å². The van der Waals surface area contributed by atoms with Gasteiger partial charge in [-0.2, -0.15) is 0 Å². The highest BCUT2D eigenvalue weighted by Gasteiger charge is 2.29. The Morgan fingerprint density at radius 2 is 1.79 bits per heavy atom. The summed E-state index contributed by atoms with van der Waals surface area (Å²) >= 11 is 0. The van der Waals surface area contributed by atoms with Crippen LogP contribution >= 0.6 is 0 Å². The van der Waals surface area contributed by atoms with Crippen molar-refractivity contribution in [2.45, 2.75) is 40.3 Å². The molecule has 2 aromatic rings. The third-order valence-corrected chi connectivity index (χ3v) is 4.48. The standard InChI is InChI=1S/C19H27N3O2/c1-6-22(7-2)18(16-11-9-8-10-12-16)19(23)21(5)13-17-14(3)20-24-15(17)4/h8-12,18H,6-7,13H2,1-5H3/t18-/m1/s1. The number of carbonyl (C=O) groups excluding carboxylic acids is 1. The molecule has 2 rings (SSSR count). The molecule has 1 atom stereocenters. The van der Waals surface area contributed by atoms with E-state index in [1.807, 2.05) is 51.2 Å². The van der Waals surface area contributed by atoms with E-state index < -0.39 is 0 Å². The number of carbonyl (C=O) groups is 1. The molecule has 0 bridgehead atoms. The van der Waals surface area contributed by atoms with Gasteiger partial charge in [-0.25, -0.2) is 0 Å². The Balaban J connectivity index is 2.27. The average molecular weight is 329 g/mol. The van der Waals surface area contributed by atoms with Crippen molar-refractivity contribution < 1.29 is 9.32 Å². The third kappa shape index (κ3) is 3.85. The number of hydrogen-bond donors (Lipinski definition) is 0. The van der Waals surface area contributed by atoms with Crippen LogP contribution in [0.2, 0.25) is 0 Å². The summed E-state index contributed by atoms with van der Waals surface area (Å²) in [6, 6.07) is 9.70. The van der Waals surface area contributed by atoms with Crippen molar-refractivity contribution in [2.75, 3.05) is 20.1 Å². The Labute approximate surface area is 144 Å². The number of hydrogen-bond acceptors (Lipinski definition) is 4. The first-order valence-electron chi connectivity index (χ1n) is 8.45. The minimum atomic E-state index is -0.272. The minimum Gasteiger partial charge on any atom is -0.361 e. The Morgan fingerprint density at radius 1 is 1.17 bits per heavy atom. The zero-order valence-electron chi connectivity index (χ0n) is 15.2. The first kappa shape index (κ1) is 18.2. The third-order valence-electron chi connectivity index (χ3n) is 4.48. The Hall–Kier alpha value is -2.14. The Kier molecular flexibility index (Phi) is 6.15. The van der Waals surface area contributed by atoms with Crippen molar-refractivity contribution in [1.29, 1.82) is 0 Å². The topological polar surface area (TPSA) is 49.6 Å². The fourth-order valence-electron chi connectivity index (χ4n) is 2.99. The molecule has 5 heteroatoms. The van der Waals surface area contributed by atoms with Gasteiger partial charge < -0.3 is 9.42 Å². The van der Waals surface area contributed by atoms with Gasteiger partial charge in [0, 0.05) is 12.6 Å². The lowest BCUT2D eigenvalue weighted by atomic mass is 10.0. The monoisotopic (exact) mass is 329 g/mol. The number of amides is 1. The van der Waals surface area contributed by atoms with Crippen LogP contribution in [0.25, 0.3) is 0 Å². The first-order valence-corrected chi connectivity index (χ1v) is 8.45. The maximum Gasteiger partial charge on any atom is 0.244 e. The van der Waals surface area contributed by atoms with Gasteiger partial charge in [0.2, 0.25) is 5.91 Å². The van der Waals surface area contributed by atoms with E-state index in [-0.39, 0.29) is 11.9 Å². The van der Waals surface area contributed by atoms with E-state index in [9.17, 15) is 4.79 Å². The van der Waals surface area contributed by atoms with Gasteiger partial charge >= 0.3 is 0 Å². The molecule has 0 N–H and O–H groups in total. The van der Waals surface area contributed by atoms with Crippen molar-refractivity contribution in [1.82, 2.24) is 15.0 Å². The fourth-order valence-corrected chi connectivity index (χ4v) is 2.99. The molecule has 5 nitrogen and oxygen atoms in total. The molecule has 1 amide bonds. The van der Waals surface area contributed by atoms with Crippen LogP contribution < -0.4 is 0 Å². The number of benzene rings is 1. The summed E-state index contributed by atoms with van der Waals surface area (Å²) in [6.45, 7) is 10.1. The molecular weight excluding hydrogens is 302 g/mol. The molecule has 0 spiro atoms. The van der Waals surface area contributed by atoms with E-state index in [2.05, 4.69) is 23.9 Å². The van der Waals surface area contributed by atoms with Crippen molar-refractivity contribution in [3.8, 4) is 0 Å². The van der Waals surface area contributed by atoms with Gasteiger partial charge in [-0.15, -0.1) is 0 Å². The second-order valence-electron chi connectivity index (χ2n) is 6.03. The molecule has 0 radical (unpaired) electrons. The predicted molar refractivity (Wildman–Crippen MR) is 94.6 cm³/mol. The van der Waals surface area contributed by atoms with Gasteiger partial charge in [0.1, 0.15) is 11.8 Å². The first-order chi connectivity index (χ1) is 11.5. The number of rotatable bonds is 7. The predicted octanol–water partition coefficient (Wildman–Crippen LogP) is 3.33. The van der Waals surface area contributed by atoms with Crippen LogP contribution in [-0.4, -0.2) is 41.0 Å². The smallest absolute Gasteiger partial charge is 0.244 e. The van der Waals surface area contributed by atoms with Gasteiger partial charge in [0.15, 0.2) is 0 Å². The van der Waals surface area contributed by atoms with E-state index in [0.717, 1.165) is 35.7 Å². The summed E-state index contributed by atoms with van der Waals surface area (Å²) in [4.78, 5) is 17.1. The molecule has 0 aliphatic heterocycles. The van der Waals surface area contributed by atoms with Crippen LogP contribution in [0.3, 0.4) is 0 Å². The molecule has 0 saturated carbocycles. The molecule has 0 fully saturated rings. The molecule has 130 valence electrons. The molecule has 24 heavy (non-hydrogen) atoms. The second-order valence-corrected chi connectivity index (χ2v) is 6.03. The van der Waals surface area contributed by atoms with E-state index in [4.69, 9.17) is 4.52 Å². The molecule has 1 aromatic carbocycles. The fraction of sp³-hybridized carbons (Fsp3) is 0.474. The van der Waals surface area contributed by atoms with Crippen LogP contribution in [0.5, 0.6) is 0 Å².